The first kappa shape index (κ1) is 18.4. The van der Waals surface area contributed by atoms with E-state index < -0.39 is 11.7 Å². The van der Waals surface area contributed by atoms with Gasteiger partial charge in [0.25, 0.3) is 0 Å². The van der Waals surface area contributed by atoms with Crippen LogP contribution in [0.15, 0.2) is 43.0 Å². The molecule has 2 aromatic heterocycles. The number of pyridine rings is 1. The Bertz CT molecular complexity index is 973. The van der Waals surface area contributed by atoms with Gasteiger partial charge in [0.05, 0.1) is 23.0 Å². The Kier molecular flexibility index (Phi) is 4.99. The van der Waals surface area contributed by atoms with Crippen molar-refractivity contribution in [3.05, 3.63) is 54.1 Å². The summed E-state index contributed by atoms with van der Waals surface area (Å²) in [5, 5.41) is 6.35. The molecule has 1 fully saturated rings. The van der Waals surface area contributed by atoms with Crippen LogP contribution in [0.3, 0.4) is 0 Å². The zero-order chi connectivity index (χ0) is 19.6. The predicted octanol–water partition coefficient (Wildman–Crippen LogP) is 3.40. The largest absolute Gasteiger partial charge is 0.487 e. The van der Waals surface area contributed by atoms with Gasteiger partial charge in [-0.25, -0.2) is 0 Å². The minimum absolute atomic E-state index is 0.0655. The Hall–Kier alpha value is -2.94. The monoisotopic (exact) mass is 389 g/mol. The molecule has 1 aliphatic heterocycles. The van der Waals surface area contributed by atoms with Gasteiger partial charge in [0, 0.05) is 37.7 Å². The van der Waals surface area contributed by atoms with E-state index in [1.54, 1.807) is 24.5 Å². The molecular formula is C19H18F3N5O. The summed E-state index contributed by atoms with van der Waals surface area (Å²) in [6, 6.07) is 4.44. The first-order valence-electron chi connectivity index (χ1n) is 8.87. The van der Waals surface area contributed by atoms with Crippen molar-refractivity contribution < 1.29 is 17.9 Å². The Morgan fingerprint density at radius 3 is 2.82 bits per heavy atom. The van der Waals surface area contributed by atoms with Gasteiger partial charge in [-0.2, -0.15) is 13.2 Å². The van der Waals surface area contributed by atoms with Gasteiger partial charge in [0.15, 0.2) is 0 Å². The maximum absolute atomic E-state index is 13.4. The number of ether oxygens (including phenoxy) is 1. The van der Waals surface area contributed by atoms with E-state index in [1.165, 1.54) is 12.4 Å². The fourth-order valence-electron chi connectivity index (χ4n) is 3.17. The highest BCUT2D eigenvalue weighted by Gasteiger charge is 2.34. The number of aromatic nitrogens is 3. The summed E-state index contributed by atoms with van der Waals surface area (Å²) in [7, 11) is 0. The summed E-state index contributed by atoms with van der Waals surface area (Å²) in [5.74, 6) is 0.625. The summed E-state index contributed by atoms with van der Waals surface area (Å²) in [6.07, 6.45) is 2.31. The second kappa shape index (κ2) is 7.59. The van der Waals surface area contributed by atoms with Crippen LogP contribution in [0.2, 0.25) is 0 Å². The van der Waals surface area contributed by atoms with Crippen LogP contribution in [0.1, 0.15) is 17.5 Å². The van der Waals surface area contributed by atoms with Crippen LogP contribution in [0.25, 0.3) is 11.0 Å². The maximum atomic E-state index is 13.4. The summed E-state index contributed by atoms with van der Waals surface area (Å²) < 4.78 is 46.3. The highest BCUT2D eigenvalue weighted by molar-refractivity contribution is 5.79. The molecule has 0 saturated carbocycles. The van der Waals surface area contributed by atoms with Gasteiger partial charge in [-0.15, -0.1) is 0 Å². The van der Waals surface area contributed by atoms with Crippen LogP contribution in [0.4, 0.5) is 18.9 Å². The second-order valence-electron chi connectivity index (χ2n) is 6.52. The molecule has 1 saturated heterocycles. The quantitative estimate of drug-likeness (QED) is 0.697. The lowest BCUT2D eigenvalue weighted by atomic mass is 10.1. The minimum atomic E-state index is -4.51. The molecule has 1 aliphatic rings. The number of fused-ring (bicyclic) bond motifs is 1. The summed E-state index contributed by atoms with van der Waals surface area (Å²) >= 11 is 0. The Labute approximate surface area is 159 Å². The van der Waals surface area contributed by atoms with Crippen LogP contribution in [0.5, 0.6) is 5.75 Å². The number of halogens is 3. The SMILES string of the molecule is FC(F)(F)c1cc(CNc2cnccc2O[C@@H]2CCNC2)cc2nccnc12. The zero-order valence-electron chi connectivity index (χ0n) is 14.8. The third-order valence-corrected chi connectivity index (χ3v) is 4.51. The smallest absolute Gasteiger partial charge is 0.418 e. The molecular weight excluding hydrogens is 371 g/mol. The van der Waals surface area contributed by atoms with E-state index in [0.717, 1.165) is 25.6 Å². The maximum Gasteiger partial charge on any atom is 0.418 e. The summed E-state index contributed by atoms with van der Waals surface area (Å²) in [6.45, 7) is 1.83. The van der Waals surface area contributed by atoms with Crippen molar-refractivity contribution in [2.45, 2.75) is 25.2 Å². The molecule has 2 N–H and O–H groups in total. The van der Waals surface area contributed by atoms with Crippen molar-refractivity contribution in [1.29, 1.82) is 0 Å². The number of hydrogen-bond donors (Lipinski definition) is 2. The number of nitrogens with one attached hydrogen (secondary N) is 2. The lowest BCUT2D eigenvalue weighted by molar-refractivity contribution is -0.136. The van der Waals surface area contributed by atoms with E-state index in [0.29, 0.717) is 17.0 Å². The van der Waals surface area contributed by atoms with Gasteiger partial charge in [0.1, 0.15) is 17.4 Å². The van der Waals surface area contributed by atoms with Gasteiger partial charge >= 0.3 is 6.18 Å². The third kappa shape index (κ3) is 3.99. The lowest BCUT2D eigenvalue weighted by Gasteiger charge is -2.17. The van der Waals surface area contributed by atoms with Crippen LogP contribution in [-0.2, 0) is 12.7 Å². The number of rotatable bonds is 5. The average Bonchev–Trinajstić information content (AvgIpc) is 3.19. The number of hydrogen-bond acceptors (Lipinski definition) is 6. The highest BCUT2D eigenvalue weighted by atomic mass is 19.4. The molecule has 1 aromatic carbocycles. The molecule has 1 atom stereocenters. The number of alkyl halides is 3. The molecule has 3 aromatic rings. The fourth-order valence-corrected chi connectivity index (χ4v) is 3.17. The highest BCUT2D eigenvalue weighted by Crippen LogP contribution is 2.34. The minimum Gasteiger partial charge on any atom is -0.487 e. The van der Waals surface area contributed by atoms with Gasteiger partial charge in [-0.1, -0.05) is 0 Å². The number of anilines is 1. The van der Waals surface area contributed by atoms with Crippen LogP contribution >= 0.6 is 0 Å². The Balaban J connectivity index is 1.58. The standard InChI is InChI=1S/C19H18F3N5O/c20-19(21,22)14-7-12(8-15-18(14)26-6-5-25-15)9-27-16-11-24-4-2-17(16)28-13-1-3-23-10-13/h2,4-8,11,13,23,27H,1,3,9-10H2/t13-/m1/s1. The van der Waals surface area contributed by atoms with Gasteiger partial charge in [-0.05, 0) is 30.7 Å². The molecule has 0 bridgehead atoms. The molecule has 0 aliphatic carbocycles. The van der Waals surface area contributed by atoms with Gasteiger partial charge in [-0.3, -0.25) is 15.0 Å². The normalized spacial score (nSPS) is 17.0. The first-order valence-corrected chi connectivity index (χ1v) is 8.87. The van der Waals surface area contributed by atoms with E-state index in [4.69, 9.17) is 4.74 Å². The molecule has 0 amide bonds. The average molecular weight is 389 g/mol. The van der Waals surface area contributed by atoms with E-state index in [-0.39, 0.29) is 23.7 Å². The molecule has 0 spiro atoms. The fraction of sp³-hybridized carbons (Fsp3) is 0.316. The molecule has 28 heavy (non-hydrogen) atoms. The molecule has 0 radical (unpaired) electrons. The Morgan fingerprint density at radius 2 is 2.04 bits per heavy atom. The van der Waals surface area contributed by atoms with Crippen molar-refractivity contribution >= 4 is 16.7 Å². The van der Waals surface area contributed by atoms with E-state index in [2.05, 4.69) is 25.6 Å². The number of nitrogens with zero attached hydrogens (tertiary/aromatic N) is 3. The van der Waals surface area contributed by atoms with Crippen LogP contribution in [-0.4, -0.2) is 34.1 Å². The topological polar surface area (TPSA) is 72.0 Å². The lowest BCUT2D eigenvalue weighted by Crippen LogP contribution is -2.20. The van der Waals surface area contributed by atoms with Crippen molar-refractivity contribution in [2.24, 2.45) is 0 Å². The summed E-state index contributed by atoms with van der Waals surface area (Å²) in [4.78, 5) is 11.9. The van der Waals surface area contributed by atoms with Crippen LogP contribution < -0.4 is 15.4 Å². The van der Waals surface area contributed by atoms with Gasteiger partial charge in [0.2, 0.25) is 0 Å². The van der Waals surface area contributed by atoms with Crippen molar-refractivity contribution in [3.8, 4) is 5.75 Å². The summed E-state index contributed by atoms with van der Waals surface area (Å²) in [5.41, 5.74) is 0.321. The number of benzene rings is 1. The molecule has 146 valence electrons. The molecule has 9 heteroatoms. The van der Waals surface area contributed by atoms with Crippen molar-refractivity contribution in [3.63, 3.8) is 0 Å². The molecule has 4 rings (SSSR count). The van der Waals surface area contributed by atoms with Crippen molar-refractivity contribution in [1.82, 2.24) is 20.3 Å². The molecule has 0 unspecified atom stereocenters. The van der Waals surface area contributed by atoms with E-state index in [9.17, 15) is 13.2 Å². The molecule has 3 heterocycles. The van der Waals surface area contributed by atoms with E-state index in [1.807, 2.05) is 0 Å². The third-order valence-electron chi connectivity index (χ3n) is 4.51. The van der Waals surface area contributed by atoms with Crippen molar-refractivity contribution in [2.75, 3.05) is 18.4 Å². The predicted molar refractivity (Wildman–Crippen MR) is 98.0 cm³/mol. The molecule has 6 nitrogen and oxygen atoms in total. The van der Waals surface area contributed by atoms with Crippen LogP contribution in [0, 0.1) is 0 Å². The second-order valence-corrected chi connectivity index (χ2v) is 6.52. The first-order chi connectivity index (χ1) is 13.5. The van der Waals surface area contributed by atoms with Gasteiger partial charge < -0.3 is 15.4 Å². The van der Waals surface area contributed by atoms with E-state index >= 15 is 0 Å². The zero-order valence-corrected chi connectivity index (χ0v) is 14.8. The Morgan fingerprint density at radius 1 is 1.18 bits per heavy atom.